The van der Waals surface area contributed by atoms with E-state index < -0.39 is 0 Å². The summed E-state index contributed by atoms with van der Waals surface area (Å²) in [7, 11) is 0. The van der Waals surface area contributed by atoms with E-state index in [1.54, 1.807) is 31.5 Å². The van der Waals surface area contributed by atoms with E-state index in [4.69, 9.17) is 11.6 Å². The van der Waals surface area contributed by atoms with Crippen molar-refractivity contribution in [3.63, 3.8) is 0 Å². The SMILES string of the molecule is C=C/C(F)=C(C)\C=C/C.Cc1ccccc1Cl.Cc1ccncc1. The van der Waals surface area contributed by atoms with Crippen molar-refractivity contribution in [3.05, 3.63) is 101 Å². The Bertz CT molecular complexity index is 640. The van der Waals surface area contributed by atoms with Gasteiger partial charge in [0.05, 0.1) is 0 Å². The van der Waals surface area contributed by atoms with Crippen molar-refractivity contribution < 1.29 is 4.39 Å². The lowest BCUT2D eigenvalue weighted by atomic mass is 10.2. The van der Waals surface area contributed by atoms with Crippen molar-refractivity contribution in [1.82, 2.24) is 4.98 Å². The molecule has 1 nitrogen and oxygen atoms in total. The van der Waals surface area contributed by atoms with Crippen LogP contribution in [0.2, 0.25) is 5.02 Å². The van der Waals surface area contributed by atoms with Crippen LogP contribution in [-0.2, 0) is 0 Å². The summed E-state index contributed by atoms with van der Waals surface area (Å²) >= 11 is 5.71. The zero-order valence-corrected chi connectivity index (χ0v) is 15.5. The molecule has 2 rings (SSSR count). The molecule has 0 aliphatic rings. The highest BCUT2D eigenvalue weighted by atomic mass is 35.5. The molecule has 1 aromatic heterocycles. The van der Waals surface area contributed by atoms with Crippen LogP contribution in [-0.4, -0.2) is 4.98 Å². The quantitative estimate of drug-likeness (QED) is 0.532. The first-order valence-electron chi connectivity index (χ1n) is 7.61. The predicted molar refractivity (Wildman–Crippen MR) is 104 cm³/mol. The fourth-order valence-corrected chi connectivity index (χ4v) is 1.60. The Kier molecular flexibility index (Phi) is 12.1. The summed E-state index contributed by atoms with van der Waals surface area (Å²) in [6.45, 7) is 10.9. The maximum absolute atomic E-state index is 12.4. The fourth-order valence-electron chi connectivity index (χ4n) is 1.47. The summed E-state index contributed by atoms with van der Waals surface area (Å²) < 4.78 is 12.4. The number of hydrogen-bond donors (Lipinski definition) is 0. The van der Waals surface area contributed by atoms with Gasteiger partial charge < -0.3 is 0 Å². The van der Waals surface area contributed by atoms with Gasteiger partial charge in [-0.15, -0.1) is 0 Å². The van der Waals surface area contributed by atoms with Crippen LogP contribution in [0.5, 0.6) is 0 Å². The van der Waals surface area contributed by atoms with E-state index in [1.165, 1.54) is 11.6 Å². The highest BCUT2D eigenvalue weighted by Gasteiger charge is 1.89. The van der Waals surface area contributed by atoms with Crippen molar-refractivity contribution in [2.24, 2.45) is 0 Å². The molecule has 1 aromatic carbocycles. The van der Waals surface area contributed by atoms with E-state index in [9.17, 15) is 4.39 Å². The number of nitrogens with zero attached hydrogens (tertiary/aromatic N) is 1. The Morgan fingerprint density at radius 3 is 2.04 bits per heavy atom. The first kappa shape index (κ1) is 21.8. The molecule has 0 N–H and O–H groups in total. The molecule has 0 unspecified atom stereocenters. The molecule has 128 valence electrons. The monoisotopic (exact) mass is 345 g/mol. The smallest absolute Gasteiger partial charge is 0.125 e. The molecule has 0 atom stereocenters. The van der Waals surface area contributed by atoms with Crippen LogP contribution in [0.4, 0.5) is 4.39 Å². The molecule has 0 saturated carbocycles. The fraction of sp³-hybridized carbons (Fsp3) is 0.190. The summed E-state index contributed by atoms with van der Waals surface area (Å²) in [6.07, 6.45) is 8.27. The highest BCUT2D eigenvalue weighted by Crippen LogP contribution is 2.11. The second kappa shape index (κ2) is 13.3. The van der Waals surface area contributed by atoms with Gasteiger partial charge in [0, 0.05) is 17.4 Å². The molecule has 0 radical (unpaired) electrons. The van der Waals surface area contributed by atoms with E-state index in [-0.39, 0.29) is 5.83 Å². The molecule has 0 aliphatic carbocycles. The largest absolute Gasteiger partial charge is 0.265 e. The number of halogens is 2. The minimum absolute atomic E-state index is 0.256. The molecule has 0 bridgehead atoms. The van der Waals surface area contributed by atoms with Gasteiger partial charge in [-0.05, 0) is 68.7 Å². The van der Waals surface area contributed by atoms with Gasteiger partial charge in [0.2, 0.25) is 0 Å². The lowest BCUT2D eigenvalue weighted by molar-refractivity contribution is 0.659. The van der Waals surface area contributed by atoms with Gasteiger partial charge in [-0.3, -0.25) is 4.98 Å². The second-order valence-corrected chi connectivity index (χ2v) is 5.42. The Hall–Kier alpha value is -2.19. The third kappa shape index (κ3) is 10.5. The predicted octanol–water partition coefficient (Wildman–Crippen LogP) is 7.03. The Morgan fingerprint density at radius 2 is 1.71 bits per heavy atom. The van der Waals surface area contributed by atoms with Crippen molar-refractivity contribution in [2.45, 2.75) is 27.7 Å². The van der Waals surface area contributed by atoms with E-state index in [2.05, 4.69) is 11.6 Å². The number of aryl methyl sites for hydroxylation is 2. The molecule has 24 heavy (non-hydrogen) atoms. The molecule has 0 spiro atoms. The number of aromatic nitrogens is 1. The molecule has 0 amide bonds. The van der Waals surface area contributed by atoms with E-state index in [1.807, 2.05) is 57.2 Å². The van der Waals surface area contributed by atoms with Gasteiger partial charge >= 0.3 is 0 Å². The number of benzene rings is 1. The van der Waals surface area contributed by atoms with Crippen LogP contribution in [0.1, 0.15) is 25.0 Å². The lowest BCUT2D eigenvalue weighted by Gasteiger charge is -1.90. The van der Waals surface area contributed by atoms with Gasteiger partial charge in [0.1, 0.15) is 5.83 Å². The molecule has 0 fully saturated rings. The van der Waals surface area contributed by atoms with Crippen molar-refractivity contribution in [2.75, 3.05) is 0 Å². The average molecular weight is 346 g/mol. The van der Waals surface area contributed by atoms with Crippen LogP contribution in [0, 0.1) is 13.8 Å². The molecule has 1 heterocycles. The van der Waals surface area contributed by atoms with Crippen LogP contribution in [0.25, 0.3) is 0 Å². The Morgan fingerprint density at radius 1 is 1.12 bits per heavy atom. The van der Waals surface area contributed by atoms with E-state index in [0.717, 1.165) is 10.6 Å². The van der Waals surface area contributed by atoms with Gasteiger partial charge in [-0.25, -0.2) is 4.39 Å². The zero-order valence-electron chi connectivity index (χ0n) is 14.8. The molecule has 0 saturated heterocycles. The average Bonchev–Trinajstić information content (AvgIpc) is 2.59. The minimum atomic E-state index is -0.256. The maximum Gasteiger partial charge on any atom is 0.125 e. The standard InChI is InChI=1S/C8H11F.C7H7Cl.C6H7N/c1-4-6-7(3)8(9)5-2;1-6-4-2-3-5-7(6)8;1-6-2-4-7-5-3-6/h4-6H,2H2,1,3H3;2-5H,1H3;2-5H,1H3/b6-4-,8-7+;;. The number of hydrogen-bond acceptors (Lipinski definition) is 1. The van der Waals surface area contributed by atoms with Crippen molar-refractivity contribution in [1.29, 1.82) is 0 Å². The number of allylic oxidation sites excluding steroid dienone is 5. The minimum Gasteiger partial charge on any atom is -0.265 e. The molecular weight excluding hydrogens is 321 g/mol. The van der Waals surface area contributed by atoms with Crippen LogP contribution >= 0.6 is 11.6 Å². The molecule has 2 aromatic rings. The van der Waals surface area contributed by atoms with Gasteiger partial charge in [-0.1, -0.05) is 48.5 Å². The molecular formula is C21H25ClFN. The Labute approximate surface area is 150 Å². The first-order valence-corrected chi connectivity index (χ1v) is 7.99. The zero-order chi connectivity index (χ0) is 18.4. The lowest BCUT2D eigenvalue weighted by Crippen LogP contribution is -1.71. The van der Waals surface area contributed by atoms with Gasteiger partial charge in [0.25, 0.3) is 0 Å². The van der Waals surface area contributed by atoms with Crippen LogP contribution in [0.15, 0.2) is 85.0 Å². The van der Waals surface area contributed by atoms with E-state index in [0.29, 0.717) is 5.57 Å². The van der Waals surface area contributed by atoms with E-state index >= 15 is 0 Å². The number of rotatable bonds is 2. The van der Waals surface area contributed by atoms with Gasteiger partial charge in [-0.2, -0.15) is 0 Å². The topological polar surface area (TPSA) is 12.9 Å². The molecule has 0 aliphatic heterocycles. The highest BCUT2D eigenvalue weighted by molar-refractivity contribution is 6.31. The van der Waals surface area contributed by atoms with Crippen molar-refractivity contribution >= 4 is 11.6 Å². The second-order valence-electron chi connectivity index (χ2n) is 5.01. The third-order valence-electron chi connectivity index (χ3n) is 2.90. The Balaban J connectivity index is 0.000000332. The summed E-state index contributed by atoms with van der Waals surface area (Å²) in [6, 6.07) is 11.7. The third-order valence-corrected chi connectivity index (χ3v) is 3.32. The summed E-state index contributed by atoms with van der Waals surface area (Å²) in [5.41, 5.74) is 3.01. The summed E-state index contributed by atoms with van der Waals surface area (Å²) in [5.74, 6) is -0.256. The summed E-state index contributed by atoms with van der Waals surface area (Å²) in [5, 5.41) is 0.840. The normalized spacial score (nSPS) is 10.8. The number of pyridine rings is 1. The van der Waals surface area contributed by atoms with Crippen LogP contribution < -0.4 is 0 Å². The van der Waals surface area contributed by atoms with Crippen LogP contribution in [0.3, 0.4) is 0 Å². The van der Waals surface area contributed by atoms with Gasteiger partial charge in [0.15, 0.2) is 0 Å². The van der Waals surface area contributed by atoms with Crippen molar-refractivity contribution in [3.8, 4) is 0 Å². The maximum atomic E-state index is 12.4. The molecule has 3 heteroatoms. The first-order chi connectivity index (χ1) is 11.4. The summed E-state index contributed by atoms with van der Waals surface area (Å²) in [4.78, 5) is 3.85.